The molecular weight excluding hydrogens is 395 g/mol. The molecule has 4 nitrogen and oxygen atoms in total. The van der Waals surface area contributed by atoms with Crippen LogP contribution in [0.5, 0.6) is 0 Å². The van der Waals surface area contributed by atoms with Crippen molar-refractivity contribution in [3.8, 4) is 0 Å². The van der Waals surface area contributed by atoms with E-state index in [1.54, 1.807) is 0 Å². The predicted molar refractivity (Wildman–Crippen MR) is 111 cm³/mol. The van der Waals surface area contributed by atoms with E-state index in [0.717, 1.165) is 47.9 Å². The van der Waals surface area contributed by atoms with Gasteiger partial charge in [-0.1, -0.05) is 53.9 Å². The van der Waals surface area contributed by atoms with Crippen LogP contribution in [-0.4, -0.2) is 17.5 Å². The van der Waals surface area contributed by atoms with Gasteiger partial charge in [-0.3, -0.25) is 0 Å². The summed E-state index contributed by atoms with van der Waals surface area (Å²) in [5.41, 5.74) is 3.30. The minimum atomic E-state index is -0.607. The molecule has 0 saturated heterocycles. The highest BCUT2D eigenvalue weighted by Crippen LogP contribution is 2.38. The average Bonchev–Trinajstić information content (AvgIpc) is 3.28. The lowest BCUT2D eigenvalue weighted by Crippen LogP contribution is -2.30. The molecule has 0 radical (unpaired) electrons. The zero-order valence-electron chi connectivity index (χ0n) is 15.4. The molecule has 2 aromatic rings. The fourth-order valence-corrected chi connectivity index (χ4v) is 4.76. The second-order valence-corrected chi connectivity index (χ2v) is 8.32. The lowest BCUT2D eigenvalue weighted by molar-refractivity contribution is 0.264. The molecule has 0 amide bonds. The fourth-order valence-electron chi connectivity index (χ4n) is 4.21. The third kappa shape index (κ3) is 3.09. The summed E-state index contributed by atoms with van der Waals surface area (Å²) in [6.07, 6.45) is 5.03. The van der Waals surface area contributed by atoms with Gasteiger partial charge < -0.3 is 9.47 Å². The topological polar surface area (TPSA) is 43.2 Å². The molecule has 144 valence electrons. The van der Waals surface area contributed by atoms with Crippen molar-refractivity contribution in [2.24, 2.45) is 9.98 Å². The SMILES string of the molecule is Clc1cccc2c1C(=NC1(N=C3OCc4cccc(Cl)c43)CCCCC1)OC2. The Bertz CT molecular complexity index is 921. The number of ether oxygens (including phenoxy) is 2. The summed E-state index contributed by atoms with van der Waals surface area (Å²) in [6.45, 7) is 0.985. The van der Waals surface area contributed by atoms with Gasteiger partial charge in [0, 0.05) is 11.1 Å². The van der Waals surface area contributed by atoms with Crippen molar-refractivity contribution < 1.29 is 9.47 Å². The maximum absolute atomic E-state index is 6.45. The molecule has 0 N–H and O–H groups in total. The minimum Gasteiger partial charge on any atom is -0.472 e. The first-order valence-electron chi connectivity index (χ1n) is 9.66. The van der Waals surface area contributed by atoms with Crippen LogP contribution in [0.15, 0.2) is 46.4 Å². The number of hydrogen-bond acceptors (Lipinski definition) is 4. The summed E-state index contributed by atoms with van der Waals surface area (Å²) in [5, 5.41) is 1.33. The molecule has 2 aromatic carbocycles. The van der Waals surface area contributed by atoms with E-state index in [1.165, 1.54) is 6.42 Å². The molecule has 0 aromatic heterocycles. The molecule has 28 heavy (non-hydrogen) atoms. The average molecular weight is 415 g/mol. The quantitative estimate of drug-likeness (QED) is 0.612. The van der Waals surface area contributed by atoms with E-state index in [-0.39, 0.29) is 0 Å². The number of halogens is 2. The third-order valence-electron chi connectivity index (χ3n) is 5.63. The van der Waals surface area contributed by atoms with Crippen LogP contribution in [0, 0.1) is 0 Å². The van der Waals surface area contributed by atoms with E-state index in [1.807, 2.05) is 36.4 Å². The zero-order chi connectivity index (χ0) is 19.1. The van der Waals surface area contributed by atoms with Crippen LogP contribution in [0.2, 0.25) is 10.0 Å². The number of fused-ring (bicyclic) bond motifs is 2. The van der Waals surface area contributed by atoms with E-state index < -0.39 is 5.66 Å². The molecule has 0 atom stereocenters. The van der Waals surface area contributed by atoms with Crippen LogP contribution >= 0.6 is 23.2 Å². The van der Waals surface area contributed by atoms with Gasteiger partial charge in [0.15, 0.2) is 5.66 Å². The maximum Gasteiger partial charge on any atom is 0.220 e. The lowest BCUT2D eigenvalue weighted by atomic mass is 9.89. The van der Waals surface area contributed by atoms with Gasteiger partial charge in [-0.2, -0.15) is 0 Å². The van der Waals surface area contributed by atoms with Crippen molar-refractivity contribution in [3.05, 3.63) is 68.7 Å². The van der Waals surface area contributed by atoms with Crippen LogP contribution in [-0.2, 0) is 22.7 Å². The number of aliphatic imine (C=N–C) groups is 2. The minimum absolute atomic E-state index is 0.493. The van der Waals surface area contributed by atoms with Crippen LogP contribution in [0.4, 0.5) is 0 Å². The van der Waals surface area contributed by atoms with Crippen molar-refractivity contribution in [1.29, 1.82) is 0 Å². The molecule has 1 aliphatic carbocycles. The Hall–Kier alpha value is -2.04. The van der Waals surface area contributed by atoms with Crippen LogP contribution in [0.3, 0.4) is 0 Å². The highest BCUT2D eigenvalue weighted by atomic mass is 35.5. The first-order valence-corrected chi connectivity index (χ1v) is 10.4. The Morgan fingerprint density at radius 3 is 1.71 bits per heavy atom. The molecule has 1 saturated carbocycles. The number of hydrogen-bond donors (Lipinski definition) is 0. The van der Waals surface area contributed by atoms with E-state index >= 15 is 0 Å². The summed E-state index contributed by atoms with van der Waals surface area (Å²) in [4.78, 5) is 10.1. The summed E-state index contributed by atoms with van der Waals surface area (Å²) < 4.78 is 11.8. The Labute approximate surface area is 174 Å². The fraction of sp³-hybridized carbons (Fsp3) is 0.364. The summed E-state index contributed by atoms with van der Waals surface area (Å²) in [6, 6.07) is 11.7. The van der Waals surface area contributed by atoms with Crippen molar-refractivity contribution in [2.75, 3.05) is 0 Å². The molecule has 0 spiro atoms. The van der Waals surface area contributed by atoms with Gasteiger partial charge in [-0.15, -0.1) is 0 Å². The Kier molecular flexibility index (Phi) is 4.56. The maximum atomic E-state index is 6.45. The standard InChI is InChI=1S/C22H20Cl2N2O2/c23-16-8-4-6-14-12-27-20(18(14)16)25-22(10-2-1-3-11-22)26-21-19-15(13-28-21)7-5-9-17(19)24/h4-9H,1-3,10-13H2. The molecule has 6 heteroatoms. The first-order chi connectivity index (χ1) is 13.7. The smallest absolute Gasteiger partial charge is 0.220 e. The van der Waals surface area contributed by atoms with E-state index in [4.69, 9.17) is 42.7 Å². The largest absolute Gasteiger partial charge is 0.472 e. The zero-order valence-corrected chi connectivity index (χ0v) is 16.9. The Balaban J connectivity index is 1.60. The molecule has 3 aliphatic rings. The molecule has 2 aliphatic heterocycles. The Morgan fingerprint density at radius 2 is 1.21 bits per heavy atom. The van der Waals surface area contributed by atoms with Crippen molar-refractivity contribution in [3.63, 3.8) is 0 Å². The van der Waals surface area contributed by atoms with Gasteiger partial charge in [0.05, 0.1) is 21.2 Å². The van der Waals surface area contributed by atoms with Crippen LogP contribution in [0.25, 0.3) is 0 Å². The van der Waals surface area contributed by atoms with Gasteiger partial charge in [0.2, 0.25) is 11.8 Å². The summed E-state index contributed by atoms with van der Waals surface area (Å²) in [5.74, 6) is 1.17. The van der Waals surface area contributed by atoms with Crippen molar-refractivity contribution in [1.82, 2.24) is 0 Å². The molecule has 1 fully saturated rings. The van der Waals surface area contributed by atoms with E-state index in [0.29, 0.717) is 35.1 Å². The summed E-state index contributed by atoms with van der Waals surface area (Å²) in [7, 11) is 0. The molecular formula is C22H20Cl2N2O2. The molecule has 2 heterocycles. The van der Waals surface area contributed by atoms with E-state index in [2.05, 4.69) is 0 Å². The molecule has 0 bridgehead atoms. The van der Waals surface area contributed by atoms with Gasteiger partial charge in [-0.05, 0) is 37.8 Å². The van der Waals surface area contributed by atoms with E-state index in [9.17, 15) is 0 Å². The highest BCUT2D eigenvalue weighted by Gasteiger charge is 2.36. The van der Waals surface area contributed by atoms with Crippen LogP contribution in [0.1, 0.15) is 54.4 Å². The van der Waals surface area contributed by atoms with Crippen LogP contribution < -0.4 is 0 Å². The number of rotatable bonds is 2. The molecule has 5 rings (SSSR count). The Morgan fingerprint density at radius 1 is 0.714 bits per heavy atom. The van der Waals surface area contributed by atoms with Gasteiger partial charge in [0.1, 0.15) is 13.2 Å². The second-order valence-electron chi connectivity index (χ2n) is 7.50. The molecule has 0 unspecified atom stereocenters. The third-order valence-corrected chi connectivity index (χ3v) is 6.26. The lowest BCUT2D eigenvalue weighted by Gasteiger charge is -2.30. The second kappa shape index (κ2) is 7.09. The van der Waals surface area contributed by atoms with Gasteiger partial charge in [-0.25, -0.2) is 9.98 Å². The number of nitrogens with zero attached hydrogens (tertiary/aromatic N) is 2. The van der Waals surface area contributed by atoms with Gasteiger partial charge >= 0.3 is 0 Å². The summed E-state index contributed by atoms with van der Waals surface area (Å²) >= 11 is 12.9. The first kappa shape index (κ1) is 18.0. The monoisotopic (exact) mass is 414 g/mol. The normalized spacial score (nSPS) is 22.6. The highest BCUT2D eigenvalue weighted by molar-refractivity contribution is 6.34. The van der Waals surface area contributed by atoms with Gasteiger partial charge in [0.25, 0.3) is 0 Å². The van der Waals surface area contributed by atoms with Crippen molar-refractivity contribution >= 4 is 35.0 Å². The van der Waals surface area contributed by atoms with Crippen molar-refractivity contribution in [2.45, 2.75) is 51.0 Å². The number of benzene rings is 2. The predicted octanol–water partition coefficient (Wildman–Crippen LogP) is 5.91.